The molecule has 0 unspecified atom stereocenters. The van der Waals surface area contributed by atoms with Crippen LogP contribution >= 0.6 is 0 Å². The van der Waals surface area contributed by atoms with Crippen molar-refractivity contribution in [1.82, 2.24) is 9.80 Å². The van der Waals surface area contributed by atoms with Gasteiger partial charge in [-0.3, -0.25) is 24.1 Å². The zero-order valence-corrected chi connectivity index (χ0v) is 20.4. The number of hydrogen-bond donors (Lipinski definition) is 0. The van der Waals surface area contributed by atoms with Crippen LogP contribution in [0.25, 0.3) is 0 Å². The van der Waals surface area contributed by atoms with Crippen LogP contribution in [0.15, 0.2) is 54.6 Å². The molecule has 2 aromatic carbocycles. The Morgan fingerprint density at radius 3 is 2.46 bits per heavy atom. The summed E-state index contributed by atoms with van der Waals surface area (Å²) in [5, 5.41) is 0. The second-order valence-corrected chi connectivity index (χ2v) is 9.52. The van der Waals surface area contributed by atoms with E-state index in [0.29, 0.717) is 37.2 Å². The van der Waals surface area contributed by atoms with Crippen LogP contribution in [-0.2, 0) is 31.0 Å². The minimum atomic E-state index is -1.31. The molecule has 2 aliphatic rings. The van der Waals surface area contributed by atoms with Gasteiger partial charge in [-0.2, -0.15) is 0 Å². The number of para-hydroxylation sites is 1. The number of aryl methyl sites for hydroxylation is 1. The number of methoxy groups -OCH3 is 1. The van der Waals surface area contributed by atoms with Gasteiger partial charge in [0.1, 0.15) is 11.5 Å². The monoisotopic (exact) mass is 476 g/mol. The summed E-state index contributed by atoms with van der Waals surface area (Å²) in [7, 11) is 2.96. The Bertz CT molecular complexity index is 1120. The van der Waals surface area contributed by atoms with Crippen molar-refractivity contribution in [2.45, 2.75) is 43.9 Å². The third-order valence-corrected chi connectivity index (χ3v) is 7.35. The van der Waals surface area contributed by atoms with Gasteiger partial charge in [-0.15, -0.1) is 0 Å². The number of piperidine rings is 1. The molecule has 0 aliphatic carbocycles. The van der Waals surface area contributed by atoms with E-state index in [2.05, 4.69) is 0 Å². The Morgan fingerprint density at radius 1 is 1.06 bits per heavy atom. The third kappa shape index (κ3) is 4.99. The number of imide groups is 1. The van der Waals surface area contributed by atoms with Gasteiger partial charge < -0.3 is 9.64 Å². The van der Waals surface area contributed by atoms with Crippen LogP contribution in [0, 0.1) is 5.92 Å². The van der Waals surface area contributed by atoms with E-state index in [9.17, 15) is 19.2 Å². The summed E-state index contributed by atoms with van der Waals surface area (Å²) < 4.78 is 5.49. The van der Waals surface area contributed by atoms with E-state index < -0.39 is 11.3 Å². The number of nitrogens with zero attached hydrogens (tertiary/aromatic N) is 2. The maximum Gasteiger partial charge on any atom is 0.240 e. The van der Waals surface area contributed by atoms with Crippen molar-refractivity contribution in [3.05, 3.63) is 65.7 Å². The van der Waals surface area contributed by atoms with Crippen molar-refractivity contribution in [2.75, 3.05) is 27.2 Å². The molecule has 0 N–H and O–H groups in total. The smallest absolute Gasteiger partial charge is 0.240 e. The van der Waals surface area contributed by atoms with Crippen molar-refractivity contribution < 1.29 is 23.9 Å². The molecule has 2 heterocycles. The van der Waals surface area contributed by atoms with Gasteiger partial charge in [0.15, 0.2) is 0 Å². The largest absolute Gasteiger partial charge is 0.496 e. The number of ketones is 1. The van der Waals surface area contributed by atoms with Crippen molar-refractivity contribution in [3.63, 3.8) is 0 Å². The summed E-state index contributed by atoms with van der Waals surface area (Å²) in [6, 6.07) is 17.0. The van der Waals surface area contributed by atoms with Crippen LogP contribution in [0.4, 0.5) is 0 Å². The normalized spacial score (nSPS) is 22.4. The van der Waals surface area contributed by atoms with E-state index >= 15 is 0 Å². The third-order valence-electron chi connectivity index (χ3n) is 7.35. The van der Waals surface area contributed by atoms with Gasteiger partial charge in [-0.1, -0.05) is 48.5 Å². The molecular weight excluding hydrogens is 444 g/mol. The van der Waals surface area contributed by atoms with Gasteiger partial charge in [-0.25, -0.2) is 0 Å². The number of likely N-dealkylation sites (N-methyl/N-ethyl adjacent to an activating group) is 1. The Balaban J connectivity index is 1.50. The molecule has 0 radical (unpaired) electrons. The summed E-state index contributed by atoms with van der Waals surface area (Å²) in [6.45, 7) is 0.897. The predicted octanol–water partition coefficient (Wildman–Crippen LogP) is 3.15. The number of hydrogen-bond acceptors (Lipinski definition) is 5. The number of ether oxygens (including phenoxy) is 1. The summed E-state index contributed by atoms with van der Waals surface area (Å²) in [5.74, 6) is -0.494. The van der Waals surface area contributed by atoms with Crippen molar-refractivity contribution in [1.29, 1.82) is 0 Å². The summed E-state index contributed by atoms with van der Waals surface area (Å²) in [5.41, 5.74) is 0.364. The van der Waals surface area contributed by atoms with Crippen molar-refractivity contribution >= 4 is 23.5 Å². The molecule has 0 aromatic heterocycles. The predicted molar refractivity (Wildman–Crippen MR) is 131 cm³/mol. The molecule has 7 nitrogen and oxygen atoms in total. The molecule has 0 spiro atoms. The highest BCUT2D eigenvalue weighted by Crippen LogP contribution is 2.43. The second kappa shape index (κ2) is 10.4. The fourth-order valence-corrected chi connectivity index (χ4v) is 5.32. The Hall–Kier alpha value is -3.48. The van der Waals surface area contributed by atoms with Crippen LogP contribution < -0.4 is 4.74 Å². The highest BCUT2D eigenvalue weighted by Gasteiger charge is 2.54. The molecule has 2 aromatic rings. The standard InChI is InChI=1S/C28H32N2O5/c1-29-25(32)17-28(27(29)34,22-12-6-7-13-24(22)35-2)18-26(33)30-16-8-11-21(19-30)23(31)15-14-20-9-4-3-5-10-20/h3-7,9-10,12-13,21H,8,11,14-19H2,1-2H3/t21-,28-/m0/s1. The lowest BCUT2D eigenvalue weighted by molar-refractivity contribution is -0.142. The van der Waals surface area contributed by atoms with Crippen LogP contribution in [0.3, 0.4) is 0 Å². The molecule has 7 heteroatoms. The van der Waals surface area contributed by atoms with Gasteiger partial charge >= 0.3 is 0 Å². The molecule has 2 aliphatic heterocycles. The van der Waals surface area contributed by atoms with Crippen LogP contribution in [0.5, 0.6) is 5.75 Å². The first kappa shape index (κ1) is 24.6. The molecule has 2 atom stereocenters. The fourth-order valence-electron chi connectivity index (χ4n) is 5.32. The average Bonchev–Trinajstić information content (AvgIpc) is 3.11. The summed E-state index contributed by atoms with van der Waals surface area (Å²) >= 11 is 0. The molecule has 0 bridgehead atoms. The van der Waals surface area contributed by atoms with E-state index in [1.54, 1.807) is 29.2 Å². The van der Waals surface area contributed by atoms with Gasteiger partial charge in [-0.05, 0) is 30.9 Å². The maximum absolute atomic E-state index is 13.5. The number of rotatable bonds is 8. The van der Waals surface area contributed by atoms with E-state index in [-0.39, 0.29) is 36.4 Å². The number of carbonyl (C=O) groups is 4. The Kier molecular flexibility index (Phi) is 7.34. The average molecular weight is 477 g/mol. The Labute approximate surface area is 206 Å². The lowest BCUT2D eigenvalue weighted by atomic mass is 9.75. The first-order valence-electron chi connectivity index (χ1n) is 12.1. The van der Waals surface area contributed by atoms with Gasteiger partial charge in [0.25, 0.3) is 0 Å². The van der Waals surface area contributed by atoms with Crippen molar-refractivity contribution in [3.8, 4) is 5.75 Å². The first-order valence-corrected chi connectivity index (χ1v) is 12.1. The molecule has 2 fully saturated rings. The zero-order chi connectivity index (χ0) is 25.0. The van der Waals surface area contributed by atoms with Crippen LogP contribution in [-0.4, -0.2) is 60.6 Å². The summed E-state index contributed by atoms with van der Waals surface area (Å²) in [6.07, 6.45) is 2.41. The van der Waals surface area contributed by atoms with Crippen LogP contribution in [0.1, 0.15) is 43.2 Å². The van der Waals surface area contributed by atoms with Crippen LogP contribution in [0.2, 0.25) is 0 Å². The zero-order valence-electron chi connectivity index (χ0n) is 20.4. The van der Waals surface area contributed by atoms with E-state index in [4.69, 9.17) is 4.74 Å². The molecule has 2 saturated heterocycles. The molecular formula is C28H32N2O5. The number of likely N-dealkylation sites (tertiary alicyclic amines) is 2. The molecule has 35 heavy (non-hydrogen) atoms. The summed E-state index contributed by atoms with van der Waals surface area (Å²) in [4.78, 5) is 55.2. The SMILES string of the molecule is COc1ccccc1[C@@]1(CC(=O)N2CCC[C@H](C(=O)CCc3ccccc3)C2)CC(=O)N(C)C1=O. The molecule has 3 amide bonds. The molecule has 0 saturated carbocycles. The fraction of sp³-hybridized carbons (Fsp3) is 0.429. The topological polar surface area (TPSA) is 84.0 Å². The highest BCUT2D eigenvalue weighted by atomic mass is 16.5. The second-order valence-electron chi connectivity index (χ2n) is 9.52. The minimum absolute atomic E-state index is 0.0816. The minimum Gasteiger partial charge on any atom is -0.496 e. The van der Waals surface area contributed by atoms with Gasteiger partial charge in [0.05, 0.1) is 12.5 Å². The van der Waals surface area contributed by atoms with Crippen molar-refractivity contribution in [2.24, 2.45) is 5.92 Å². The molecule has 4 rings (SSSR count). The quantitative estimate of drug-likeness (QED) is 0.547. The van der Waals surface area contributed by atoms with E-state index in [1.807, 2.05) is 30.3 Å². The van der Waals surface area contributed by atoms with E-state index in [1.165, 1.54) is 14.2 Å². The number of Topliss-reactive ketones (excluding diaryl/α,β-unsaturated/α-hetero) is 1. The number of benzene rings is 2. The van der Waals surface area contributed by atoms with Gasteiger partial charge in [0, 0.05) is 50.9 Å². The first-order chi connectivity index (χ1) is 16.9. The van der Waals surface area contributed by atoms with E-state index in [0.717, 1.165) is 23.3 Å². The maximum atomic E-state index is 13.5. The lowest BCUT2D eigenvalue weighted by Gasteiger charge is -2.35. The number of amides is 3. The number of carbonyl (C=O) groups excluding carboxylic acids is 4. The lowest BCUT2D eigenvalue weighted by Crippen LogP contribution is -2.47. The molecule has 184 valence electrons. The van der Waals surface area contributed by atoms with Gasteiger partial charge in [0.2, 0.25) is 17.7 Å². The highest BCUT2D eigenvalue weighted by molar-refractivity contribution is 6.10. The Morgan fingerprint density at radius 2 is 1.77 bits per heavy atom.